The number of carbonyl (C=O) groups is 1. The van der Waals surface area contributed by atoms with Crippen LogP contribution < -0.4 is 5.32 Å². The van der Waals surface area contributed by atoms with Crippen LogP contribution in [0.15, 0.2) is 0 Å². The second-order valence-corrected chi connectivity index (χ2v) is 4.72. The number of amides is 1. The molecule has 16 heavy (non-hydrogen) atoms. The van der Waals surface area contributed by atoms with E-state index in [0.29, 0.717) is 25.7 Å². The van der Waals surface area contributed by atoms with Gasteiger partial charge in [0.1, 0.15) is 0 Å². The summed E-state index contributed by atoms with van der Waals surface area (Å²) in [4.78, 5) is 11.7. The average molecular weight is 294 g/mol. The van der Waals surface area contributed by atoms with Gasteiger partial charge in [-0.25, -0.2) is 0 Å². The molecule has 2 atom stereocenters. The number of hydrogen-bond donors (Lipinski definition) is 1. The summed E-state index contributed by atoms with van der Waals surface area (Å²) >= 11 is 3.42. The van der Waals surface area contributed by atoms with Crippen molar-refractivity contribution in [3.05, 3.63) is 0 Å². The van der Waals surface area contributed by atoms with Crippen molar-refractivity contribution in [3.8, 4) is 0 Å². The van der Waals surface area contributed by atoms with E-state index in [0.717, 1.165) is 24.7 Å². The summed E-state index contributed by atoms with van der Waals surface area (Å²) in [7, 11) is 0. The van der Waals surface area contributed by atoms with Crippen molar-refractivity contribution in [2.45, 2.75) is 25.9 Å². The van der Waals surface area contributed by atoms with Crippen LogP contribution in [0.5, 0.6) is 0 Å². The predicted octanol–water partition coefficient (Wildman–Crippen LogP) is 1.33. The molecule has 1 aliphatic rings. The highest BCUT2D eigenvalue weighted by Crippen LogP contribution is 2.09. The van der Waals surface area contributed by atoms with Gasteiger partial charge in [0.15, 0.2) is 6.10 Å². The Kier molecular flexibility index (Phi) is 7.00. The molecule has 0 aliphatic carbocycles. The maximum Gasteiger partial charge on any atom is 0.251 e. The van der Waals surface area contributed by atoms with Crippen molar-refractivity contribution in [1.29, 1.82) is 0 Å². The molecule has 0 bridgehead atoms. The number of alkyl halides is 1. The number of hydrogen-bond acceptors (Lipinski definition) is 3. The third-order valence-corrected chi connectivity index (χ3v) is 3.23. The first-order valence-electron chi connectivity index (χ1n) is 5.81. The van der Waals surface area contributed by atoms with Gasteiger partial charge >= 0.3 is 0 Å². The van der Waals surface area contributed by atoms with Crippen molar-refractivity contribution in [3.63, 3.8) is 0 Å². The van der Waals surface area contributed by atoms with Crippen LogP contribution in [0.25, 0.3) is 0 Å². The molecule has 0 aromatic heterocycles. The zero-order valence-corrected chi connectivity index (χ0v) is 11.3. The van der Waals surface area contributed by atoms with Crippen molar-refractivity contribution >= 4 is 21.8 Å². The predicted molar refractivity (Wildman–Crippen MR) is 65.8 cm³/mol. The van der Waals surface area contributed by atoms with Crippen LogP contribution in [-0.4, -0.2) is 43.7 Å². The van der Waals surface area contributed by atoms with Crippen LogP contribution >= 0.6 is 15.9 Å². The van der Waals surface area contributed by atoms with Gasteiger partial charge in [-0.05, 0) is 12.3 Å². The second kappa shape index (κ2) is 8.03. The molecule has 4 nitrogen and oxygen atoms in total. The summed E-state index contributed by atoms with van der Waals surface area (Å²) in [5, 5.41) is 3.90. The third kappa shape index (κ3) is 4.80. The van der Waals surface area contributed by atoms with E-state index in [9.17, 15) is 4.79 Å². The quantitative estimate of drug-likeness (QED) is 0.752. The Morgan fingerprint density at radius 2 is 2.38 bits per heavy atom. The first kappa shape index (κ1) is 13.9. The molecule has 1 amide bonds. The van der Waals surface area contributed by atoms with E-state index < -0.39 is 6.10 Å². The number of rotatable bonds is 6. The fourth-order valence-corrected chi connectivity index (χ4v) is 2.25. The number of nitrogens with one attached hydrogen (secondary N) is 1. The summed E-state index contributed by atoms with van der Waals surface area (Å²) in [6, 6.07) is 0. The molecular weight excluding hydrogens is 274 g/mol. The molecule has 1 fully saturated rings. The molecule has 1 rings (SSSR count). The van der Waals surface area contributed by atoms with E-state index in [1.54, 1.807) is 0 Å². The Morgan fingerprint density at radius 1 is 1.56 bits per heavy atom. The van der Waals surface area contributed by atoms with E-state index in [4.69, 9.17) is 9.47 Å². The molecule has 0 radical (unpaired) electrons. The summed E-state index contributed by atoms with van der Waals surface area (Å²) in [5.74, 6) is 0.487. The molecule has 1 saturated heterocycles. The van der Waals surface area contributed by atoms with Gasteiger partial charge in [0.25, 0.3) is 5.91 Å². The molecule has 94 valence electrons. The first-order valence-corrected chi connectivity index (χ1v) is 6.93. The van der Waals surface area contributed by atoms with Crippen molar-refractivity contribution in [2.75, 3.05) is 31.7 Å². The highest BCUT2D eigenvalue weighted by atomic mass is 79.9. The fourth-order valence-electron chi connectivity index (χ4n) is 1.60. The van der Waals surface area contributed by atoms with E-state index in [-0.39, 0.29) is 5.91 Å². The zero-order valence-electron chi connectivity index (χ0n) is 9.71. The Hall–Kier alpha value is -0.130. The molecule has 0 saturated carbocycles. The van der Waals surface area contributed by atoms with Gasteiger partial charge in [0, 0.05) is 11.9 Å². The highest BCUT2D eigenvalue weighted by molar-refractivity contribution is 9.09. The van der Waals surface area contributed by atoms with Gasteiger partial charge < -0.3 is 14.8 Å². The summed E-state index contributed by atoms with van der Waals surface area (Å²) in [6.45, 7) is 4.34. The average Bonchev–Trinajstić information content (AvgIpc) is 2.35. The Bertz CT molecular complexity index is 207. The lowest BCUT2D eigenvalue weighted by molar-refractivity contribution is -0.147. The van der Waals surface area contributed by atoms with Gasteiger partial charge in [0.2, 0.25) is 0 Å². The van der Waals surface area contributed by atoms with E-state index in [2.05, 4.69) is 28.2 Å². The minimum absolute atomic E-state index is 0.0484. The fraction of sp³-hybridized carbons (Fsp3) is 0.909. The van der Waals surface area contributed by atoms with Gasteiger partial charge in [-0.2, -0.15) is 0 Å². The number of halogens is 1. The summed E-state index contributed by atoms with van der Waals surface area (Å²) in [6.07, 6.45) is 1.74. The normalized spacial score (nSPS) is 22.8. The molecule has 0 aromatic rings. The third-order valence-electron chi connectivity index (χ3n) is 2.77. The van der Waals surface area contributed by atoms with Crippen molar-refractivity contribution in [2.24, 2.45) is 5.92 Å². The summed E-state index contributed by atoms with van der Waals surface area (Å²) < 4.78 is 10.5. The van der Waals surface area contributed by atoms with E-state index in [1.165, 1.54) is 0 Å². The topological polar surface area (TPSA) is 47.6 Å². The number of ether oxygens (including phenoxy) is 2. The van der Waals surface area contributed by atoms with E-state index >= 15 is 0 Å². The van der Waals surface area contributed by atoms with Crippen LogP contribution in [-0.2, 0) is 14.3 Å². The minimum atomic E-state index is -0.421. The minimum Gasteiger partial charge on any atom is -0.376 e. The van der Waals surface area contributed by atoms with Crippen LogP contribution in [0.2, 0.25) is 0 Å². The van der Waals surface area contributed by atoms with Gasteiger partial charge in [-0.15, -0.1) is 0 Å². The Balaban J connectivity index is 2.22. The standard InChI is InChI=1S/C11H20BrNO3/c1-2-9(3-4-12)7-13-11(14)10-8-15-5-6-16-10/h9-10H,2-8H2,1H3,(H,13,14). The van der Waals surface area contributed by atoms with Gasteiger partial charge in [-0.3, -0.25) is 4.79 Å². The molecular formula is C11H20BrNO3. The van der Waals surface area contributed by atoms with Gasteiger partial charge in [-0.1, -0.05) is 29.3 Å². The lowest BCUT2D eigenvalue weighted by Gasteiger charge is -2.23. The highest BCUT2D eigenvalue weighted by Gasteiger charge is 2.22. The maximum absolute atomic E-state index is 11.7. The van der Waals surface area contributed by atoms with E-state index in [1.807, 2.05) is 0 Å². The number of carbonyl (C=O) groups excluding carboxylic acids is 1. The molecule has 0 aromatic carbocycles. The van der Waals surface area contributed by atoms with Crippen LogP contribution in [0.4, 0.5) is 0 Å². The van der Waals surface area contributed by atoms with Crippen LogP contribution in [0.1, 0.15) is 19.8 Å². The molecule has 0 spiro atoms. The lowest BCUT2D eigenvalue weighted by atomic mass is 10.0. The molecule has 1 N–H and O–H groups in total. The van der Waals surface area contributed by atoms with Crippen LogP contribution in [0, 0.1) is 5.92 Å². The maximum atomic E-state index is 11.7. The zero-order chi connectivity index (χ0) is 11.8. The molecule has 5 heteroatoms. The Labute approximate surface area is 105 Å². The van der Waals surface area contributed by atoms with Crippen molar-refractivity contribution < 1.29 is 14.3 Å². The molecule has 1 aliphatic heterocycles. The largest absolute Gasteiger partial charge is 0.376 e. The molecule has 1 heterocycles. The summed E-state index contributed by atoms with van der Waals surface area (Å²) in [5.41, 5.74) is 0. The Morgan fingerprint density at radius 3 is 2.94 bits per heavy atom. The lowest BCUT2D eigenvalue weighted by Crippen LogP contribution is -2.44. The first-order chi connectivity index (χ1) is 7.77. The SMILES string of the molecule is CCC(CCBr)CNC(=O)C1COCCO1. The second-order valence-electron chi connectivity index (χ2n) is 3.93. The smallest absolute Gasteiger partial charge is 0.251 e. The molecule has 2 unspecified atom stereocenters. The van der Waals surface area contributed by atoms with Gasteiger partial charge in [0.05, 0.1) is 19.8 Å². The van der Waals surface area contributed by atoms with Crippen molar-refractivity contribution in [1.82, 2.24) is 5.32 Å². The van der Waals surface area contributed by atoms with Crippen LogP contribution in [0.3, 0.4) is 0 Å². The monoisotopic (exact) mass is 293 g/mol.